The summed E-state index contributed by atoms with van der Waals surface area (Å²) in [4.78, 5) is 14.2. The minimum Gasteiger partial charge on any atom is -0.490 e. The third-order valence-corrected chi connectivity index (χ3v) is 3.86. The molecular weight excluding hydrogens is 290 g/mol. The fourth-order valence-corrected chi connectivity index (χ4v) is 2.67. The number of rotatable bonds is 5. The minimum absolute atomic E-state index is 0.0104. The predicted octanol–water partition coefficient (Wildman–Crippen LogP) is 1.83. The Bertz CT molecular complexity index is 673. The van der Waals surface area contributed by atoms with Crippen molar-refractivity contribution in [3.8, 4) is 5.75 Å². The van der Waals surface area contributed by atoms with Crippen molar-refractivity contribution in [2.45, 2.75) is 6.42 Å². The van der Waals surface area contributed by atoms with Crippen LogP contribution in [-0.2, 0) is 11.2 Å². The third kappa shape index (κ3) is 3.94. The lowest BCUT2D eigenvalue weighted by Crippen LogP contribution is -2.41. The summed E-state index contributed by atoms with van der Waals surface area (Å²) in [6.45, 7) is 2.21. The molecule has 23 heavy (non-hydrogen) atoms. The van der Waals surface area contributed by atoms with E-state index < -0.39 is 0 Å². The molecule has 2 aromatic carbocycles. The molecule has 0 radical (unpaired) electrons. The van der Waals surface area contributed by atoms with E-state index in [-0.39, 0.29) is 5.91 Å². The zero-order valence-corrected chi connectivity index (χ0v) is 13.0. The van der Waals surface area contributed by atoms with Crippen LogP contribution < -0.4 is 20.7 Å². The van der Waals surface area contributed by atoms with E-state index in [2.05, 4.69) is 17.4 Å². The normalized spacial score (nSPS) is 13.1. The maximum atomic E-state index is 12.2. The highest BCUT2D eigenvalue weighted by atomic mass is 16.5. The number of nitrogens with zero attached hydrogens (tertiary/aromatic N) is 1. The van der Waals surface area contributed by atoms with Crippen LogP contribution in [-0.4, -0.2) is 32.1 Å². The number of nitrogens with two attached hydrogens (primary N) is 1. The molecule has 1 aliphatic rings. The van der Waals surface area contributed by atoms with Crippen molar-refractivity contribution in [1.82, 2.24) is 5.32 Å². The second-order valence-electron chi connectivity index (χ2n) is 5.58. The van der Waals surface area contributed by atoms with E-state index in [1.807, 2.05) is 41.3 Å². The maximum Gasteiger partial charge on any atom is 0.239 e. The molecular formula is C18H21N3O2. The molecule has 0 fully saturated rings. The second-order valence-corrected chi connectivity index (χ2v) is 5.58. The lowest BCUT2D eigenvalue weighted by Gasteiger charge is -2.30. The molecule has 120 valence electrons. The van der Waals surface area contributed by atoms with E-state index in [1.165, 1.54) is 5.56 Å². The molecule has 0 aromatic heterocycles. The number of amides is 1. The van der Waals surface area contributed by atoms with Crippen LogP contribution in [0.25, 0.3) is 0 Å². The van der Waals surface area contributed by atoms with Gasteiger partial charge in [0, 0.05) is 12.2 Å². The van der Waals surface area contributed by atoms with Gasteiger partial charge in [0.25, 0.3) is 0 Å². The Labute approximate surface area is 136 Å². The lowest BCUT2D eigenvalue weighted by atomic mass is 10.1. The number of anilines is 2. The van der Waals surface area contributed by atoms with Gasteiger partial charge in [-0.1, -0.05) is 30.3 Å². The largest absolute Gasteiger partial charge is 0.490 e. The summed E-state index contributed by atoms with van der Waals surface area (Å²) in [6.07, 6.45) is 0.833. The van der Waals surface area contributed by atoms with Gasteiger partial charge < -0.3 is 20.7 Å². The second kappa shape index (κ2) is 7.05. The van der Waals surface area contributed by atoms with Crippen LogP contribution in [0.2, 0.25) is 0 Å². The molecule has 1 heterocycles. The molecule has 3 rings (SSSR count). The van der Waals surface area contributed by atoms with Crippen molar-refractivity contribution in [1.29, 1.82) is 0 Å². The number of nitrogen functional groups attached to an aromatic ring is 1. The van der Waals surface area contributed by atoms with Gasteiger partial charge in [-0.05, 0) is 30.2 Å². The van der Waals surface area contributed by atoms with Crippen LogP contribution in [0.4, 0.5) is 11.4 Å². The number of hydrogen-bond acceptors (Lipinski definition) is 4. The monoisotopic (exact) mass is 311 g/mol. The Morgan fingerprint density at radius 2 is 2.04 bits per heavy atom. The summed E-state index contributed by atoms with van der Waals surface area (Å²) in [7, 11) is 0. The minimum atomic E-state index is 0.0104. The first-order chi connectivity index (χ1) is 11.2. The maximum absolute atomic E-state index is 12.2. The first kappa shape index (κ1) is 15.2. The van der Waals surface area contributed by atoms with Gasteiger partial charge in [-0.3, -0.25) is 4.79 Å². The highest BCUT2D eigenvalue weighted by Gasteiger charge is 2.20. The highest BCUT2D eigenvalue weighted by molar-refractivity contribution is 5.82. The average Bonchev–Trinajstić information content (AvgIpc) is 2.56. The number of benzene rings is 2. The molecule has 1 aliphatic heterocycles. The van der Waals surface area contributed by atoms with E-state index >= 15 is 0 Å². The summed E-state index contributed by atoms with van der Waals surface area (Å²) >= 11 is 0. The summed E-state index contributed by atoms with van der Waals surface area (Å²) in [5, 5.41) is 2.97. The number of carbonyl (C=O) groups excluding carboxylic acids is 1. The smallest absolute Gasteiger partial charge is 0.239 e. The van der Waals surface area contributed by atoms with Gasteiger partial charge >= 0.3 is 0 Å². The van der Waals surface area contributed by atoms with Gasteiger partial charge in [0.1, 0.15) is 12.4 Å². The van der Waals surface area contributed by atoms with E-state index in [9.17, 15) is 4.79 Å². The van der Waals surface area contributed by atoms with Gasteiger partial charge in [-0.2, -0.15) is 0 Å². The number of hydrogen-bond donors (Lipinski definition) is 2. The first-order valence-electron chi connectivity index (χ1n) is 7.80. The van der Waals surface area contributed by atoms with Crippen LogP contribution in [0, 0.1) is 0 Å². The Hall–Kier alpha value is -2.69. The van der Waals surface area contributed by atoms with Gasteiger partial charge in [0.05, 0.1) is 18.8 Å². The Morgan fingerprint density at radius 1 is 1.22 bits per heavy atom. The number of fused-ring (bicyclic) bond motifs is 1. The average molecular weight is 311 g/mol. The summed E-state index contributed by atoms with van der Waals surface area (Å²) in [5.74, 6) is 0.791. The van der Waals surface area contributed by atoms with Crippen LogP contribution in [0.1, 0.15) is 5.56 Å². The molecule has 5 nitrogen and oxygen atoms in total. The fourth-order valence-electron chi connectivity index (χ4n) is 2.67. The van der Waals surface area contributed by atoms with Crippen LogP contribution in [0.3, 0.4) is 0 Å². The molecule has 0 aliphatic carbocycles. The van der Waals surface area contributed by atoms with Gasteiger partial charge in [-0.25, -0.2) is 0 Å². The molecule has 3 N–H and O–H groups in total. The standard InChI is InChI=1S/C18H21N3O2/c19-15-6-7-17-16(12-15)21(10-11-23-17)13-18(22)20-9-8-14-4-2-1-3-5-14/h1-7,12H,8-11,13,19H2,(H,20,22). The van der Waals surface area contributed by atoms with Crippen LogP contribution in [0.15, 0.2) is 48.5 Å². The van der Waals surface area contributed by atoms with Gasteiger partial charge in [-0.15, -0.1) is 0 Å². The Balaban J connectivity index is 1.54. The van der Waals surface area contributed by atoms with Gasteiger partial charge in [0.15, 0.2) is 0 Å². The van der Waals surface area contributed by atoms with E-state index in [1.54, 1.807) is 0 Å². The van der Waals surface area contributed by atoms with Crippen molar-refractivity contribution >= 4 is 17.3 Å². The zero-order chi connectivity index (χ0) is 16.1. The topological polar surface area (TPSA) is 67.6 Å². The van der Waals surface area contributed by atoms with Crippen molar-refractivity contribution < 1.29 is 9.53 Å². The molecule has 2 aromatic rings. The zero-order valence-electron chi connectivity index (χ0n) is 13.0. The van der Waals surface area contributed by atoms with Crippen molar-refractivity contribution in [2.75, 3.05) is 36.9 Å². The molecule has 0 bridgehead atoms. The predicted molar refractivity (Wildman–Crippen MR) is 91.7 cm³/mol. The number of nitrogens with one attached hydrogen (secondary N) is 1. The molecule has 0 saturated carbocycles. The van der Waals surface area contributed by atoms with Crippen molar-refractivity contribution in [2.24, 2.45) is 0 Å². The lowest BCUT2D eigenvalue weighted by molar-refractivity contribution is -0.119. The highest BCUT2D eigenvalue weighted by Crippen LogP contribution is 2.32. The Kier molecular flexibility index (Phi) is 4.66. The number of ether oxygens (including phenoxy) is 1. The summed E-state index contributed by atoms with van der Waals surface area (Å²) in [6, 6.07) is 15.6. The summed E-state index contributed by atoms with van der Waals surface area (Å²) in [5.41, 5.74) is 8.61. The molecule has 0 spiro atoms. The quantitative estimate of drug-likeness (QED) is 0.827. The summed E-state index contributed by atoms with van der Waals surface area (Å²) < 4.78 is 5.60. The first-order valence-corrected chi connectivity index (χ1v) is 7.80. The molecule has 1 amide bonds. The molecule has 5 heteroatoms. The van der Waals surface area contributed by atoms with E-state index in [0.29, 0.717) is 31.9 Å². The molecule has 0 atom stereocenters. The van der Waals surface area contributed by atoms with Crippen molar-refractivity contribution in [3.63, 3.8) is 0 Å². The fraction of sp³-hybridized carbons (Fsp3) is 0.278. The molecule has 0 unspecified atom stereocenters. The van der Waals surface area contributed by atoms with Crippen molar-refractivity contribution in [3.05, 3.63) is 54.1 Å². The van der Waals surface area contributed by atoms with E-state index in [0.717, 1.165) is 17.9 Å². The molecule has 0 saturated heterocycles. The number of carbonyl (C=O) groups is 1. The van der Waals surface area contributed by atoms with Gasteiger partial charge in [0.2, 0.25) is 5.91 Å². The third-order valence-electron chi connectivity index (χ3n) is 3.86. The van der Waals surface area contributed by atoms with Crippen LogP contribution in [0.5, 0.6) is 5.75 Å². The van der Waals surface area contributed by atoms with Crippen LogP contribution >= 0.6 is 0 Å². The Morgan fingerprint density at radius 3 is 2.87 bits per heavy atom. The SMILES string of the molecule is Nc1ccc2c(c1)N(CC(=O)NCCc1ccccc1)CCO2. The van der Waals surface area contributed by atoms with E-state index in [4.69, 9.17) is 10.5 Å².